The summed E-state index contributed by atoms with van der Waals surface area (Å²) in [6, 6.07) is 4.29. The predicted molar refractivity (Wildman–Crippen MR) is 102 cm³/mol. The zero-order chi connectivity index (χ0) is 22.5. The molecular formula is C16H12Cl2F3N3O5S. The molecule has 1 N–H and O–H groups in total. The molecule has 0 unspecified atom stereocenters. The first-order valence-electron chi connectivity index (χ1n) is 7.86. The summed E-state index contributed by atoms with van der Waals surface area (Å²) in [7, 11) is -4.15. The van der Waals surface area contributed by atoms with Gasteiger partial charge in [0.05, 0.1) is 15.5 Å². The van der Waals surface area contributed by atoms with Crippen LogP contribution in [0.25, 0.3) is 0 Å². The zero-order valence-electron chi connectivity index (χ0n) is 14.7. The van der Waals surface area contributed by atoms with Crippen LogP contribution >= 0.6 is 23.2 Å². The molecule has 14 heteroatoms. The third kappa shape index (κ3) is 6.55. The van der Waals surface area contributed by atoms with Crippen LogP contribution in [-0.2, 0) is 16.2 Å². The number of hydrogen-bond acceptors (Lipinski definition) is 6. The Labute approximate surface area is 178 Å². The van der Waals surface area contributed by atoms with E-state index >= 15 is 0 Å². The van der Waals surface area contributed by atoms with Crippen molar-refractivity contribution in [1.29, 1.82) is 0 Å². The molecular weight excluding hydrogens is 474 g/mol. The number of nitro groups is 1. The highest BCUT2D eigenvalue weighted by atomic mass is 35.5. The molecule has 0 amide bonds. The molecule has 2 aromatic rings. The van der Waals surface area contributed by atoms with Gasteiger partial charge in [-0.2, -0.15) is 13.2 Å². The summed E-state index contributed by atoms with van der Waals surface area (Å²) in [6.07, 6.45) is -1.97. The molecule has 0 spiro atoms. The molecule has 2 rings (SSSR count). The maximum atomic E-state index is 12.7. The van der Waals surface area contributed by atoms with Crippen LogP contribution in [-0.4, -0.2) is 31.5 Å². The lowest BCUT2D eigenvalue weighted by Gasteiger charge is -2.09. The van der Waals surface area contributed by atoms with Crippen molar-refractivity contribution in [1.82, 2.24) is 9.71 Å². The van der Waals surface area contributed by atoms with Gasteiger partial charge in [-0.05, 0) is 18.2 Å². The van der Waals surface area contributed by atoms with Crippen molar-refractivity contribution in [3.05, 3.63) is 68.3 Å². The average Bonchev–Trinajstić information content (AvgIpc) is 2.63. The van der Waals surface area contributed by atoms with Crippen molar-refractivity contribution in [3.63, 3.8) is 0 Å². The Kier molecular flexibility index (Phi) is 7.64. The lowest BCUT2D eigenvalue weighted by molar-refractivity contribution is -0.385. The molecule has 30 heavy (non-hydrogen) atoms. The number of pyridine rings is 1. The molecule has 0 atom stereocenters. The number of aromatic nitrogens is 1. The summed E-state index contributed by atoms with van der Waals surface area (Å²) >= 11 is 11.3. The fourth-order valence-corrected chi connectivity index (χ4v) is 3.74. The molecule has 1 heterocycles. The fourth-order valence-electron chi connectivity index (χ4n) is 2.04. The van der Waals surface area contributed by atoms with Crippen molar-refractivity contribution >= 4 is 38.9 Å². The molecule has 0 aliphatic carbocycles. The van der Waals surface area contributed by atoms with Gasteiger partial charge in [0.15, 0.2) is 0 Å². The van der Waals surface area contributed by atoms with Gasteiger partial charge in [-0.3, -0.25) is 10.1 Å². The van der Waals surface area contributed by atoms with E-state index in [1.165, 1.54) is 12.2 Å². The van der Waals surface area contributed by atoms with E-state index in [4.69, 9.17) is 27.9 Å². The Bertz CT molecular complexity index is 1080. The topological polar surface area (TPSA) is 111 Å². The number of alkyl halides is 3. The summed E-state index contributed by atoms with van der Waals surface area (Å²) < 4.78 is 69.8. The molecule has 0 bridgehead atoms. The maximum Gasteiger partial charge on any atom is 0.416 e. The number of benzene rings is 1. The lowest BCUT2D eigenvalue weighted by atomic mass is 10.2. The van der Waals surface area contributed by atoms with Crippen molar-refractivity contribution in [3.8, 4) is 5.88 Å². The third-order valence-electron chi connectivity index (χ3n) is 3.40. The van der Waals surface area contributed by atoms with Gasteiger partial charge < -0.3 is 4.74 Å². The number of sulfonamides is 1. The van der Waals surface area contributed by atoms with Crippen LogP contribution in [0.5, 0.6) is 5.88 Å². The summed E-state index contributed by atoms with van der Waals surface area (Å²) in [5.74, 6) is -0.358. The van der Waals surface area contributed by atoms with Crippen LogP contribution in [0, 0.1) is 10.1 Å². The van der Waals surface area contributed by atoms with Crippen molar-refractivity contribution < 1.29 is 31.2 Å². The number of non-ortho nitro benzene ring substituents is 1. The lowest BCUT2D eigenvalue weighted by Crippen LogP contribution is -2.24. The monoisotopic (exact) mass is 485 g/mol. The van der Waals surface area contributed by atoms with Gasteiger partial charge in [-0.1, -0.05) is 29.3 Å². The third-order valence-corrected chi connectivity index (χ3v) is 5.50. The average molecular weight is 486 g/mol. The Balaban J connectivity index is 1.95. The van der Waals surface area contributed by atoms with E-state index in [2.05, 4.69) is 9.71 Å². The molecule has 0 saturated carbocycles. The standard InChI is InChI=1S/C16H12Cl2F3N3O5S/c17-12-4-3-11(24(25)26)9-13(12)30(27,28)22-5-1-2-6-29-15-8-10(16(19,20)21)7-14(18)23-15/h1-4,7-9,22H,5-6H2/b2-1-. The molecule has 162 valence electrons. The maximum absolute atomic E-state index is 12.7. The number of rotatable bonds is 8. The number of halogens is 5. The molecule has 0 fully saturated rings. The smallest absolute Gasteiger partial charge is 0.416 e. The number of nitrogens with zero attached hydrogens (tertiary/aromatic N) is 2. The molecule has 0 saturated heterocycles. The Morgan fingerprint density at radius 3 is 2.53 bits per heavy atom. The summed E-state index contributed by atoms with van der Waals surface area (Å²) in [5, 5.41) is 10.2. The second-order valence-electron chi connectivity index (χ2n) is 5.52. The van der Waals surface area contributed by atoms with E-state index in [0.29, 0.717) is 12.1 Å². The second kappa shape index (κ2) is 9.60. The molecule has 0 aliphatic rings. The summed E-state index contributed by atoms with van der Waals surface area (Å²) in [4.78, 5) is 13.2. The van der Waals surface area contributed by atoms with E-state index in [1.54, 1.807) is 0 Å². The minimum Gasteiger partial charge on any atom is -0.473 e. The Morgan fingerprint density at radius 1 is 1.20 bits per heavy atom. The van der Waals surface area contributed by atoms with E-state index in [1.807, 2.05) is 0 Å². The van der Waals surface area contributed by atoms with Crippen LogP contribution < -0.4 is 9.46 Å². The molecule has 8 nitrogen and oxygen atoms in total. The Hall–Kier alpha value is -2.41. The van der Waals surface area contributed by atoms with Gasteiger partial charge in [-0.15, -0.1) is 0 Å². The normalized spacial score (nSPS) is 12.3. The van der Waals surface area contributed by atoms with Gasteiger partial charge in [-0.25, -0.2) is 18.1 Å². The first kappa shape index (κ1) is 23.9. The molecule has 0 aliphatic heterocycles. The number of nitrogens with one attached hydrogen (secondary N) is 1. The van der Waals surface area contributed by atoms with Crippen molar-refractivity contribution in [2.45, 2.75) is 11.1 Å². The minimum atomic E-state index is -4.62. The Morgan fingerprint density at radius 2 is 1.90 bits per heavy atom. The predicted octanol–water partition coefficient (Wildman–Crippen LogP) is 4.23. The van der Waals surface area contributed by atoms with Gasteiger partial charge in [0.25, 0.3) is 5.69 Å². The second-order valence-corrected chi connectivity index (χ2v) is 8.05. The van der Waals surface area contributed by atoms with Gasteiger partial charge in [0, 0.05) is 24.7 Å². The van der Waals surface area contributed by atoms with Crippen LogP contribution in [0.3, 0.4) is 0 Å². The van der Waals surface area contributed by atoms with E-state index in [9.17, 15) is 31.7 Å². The van der Waals surface area contributed by atoms with Gasteiger partial charge in [0.1, 0.15) is 16.7 Å². The molecule has 1 aromatic heterocycles. The van der Waals surface area contributed by atoms with Crippen molar-refractivity contribution in [2.24, 2.45) is 0 Å². The summed E-state index contributed by atoms with van der Waals surface area (Å²) in [6.45, 7) is -0.453. The highest BCUT2D eigenvalue weighted by Crippen LogP contribution is 2.32. The minimum absolute atomic E-state index is 0.201. The number of ether oxygens (including phenoxy) is 1. The molecule has 0 radical (unpaired) electrons. The highest BCUT2D eigenvalue weighted by Gasteiger charge is 2.31. The van der Waals surface area contributed by atoms with Gasteiger partial charge >= 0.3 is 6.18 Å². The fraction of sp³-hybridized carbons (Fsp3) is 0.188. The van der Waals surface area contributed by atoms with E-state index in [0.717, 1.165) is 18.2 Å². The number of hydrogen-bond donors (Lipinski definition) is 1. The van der Waals surface area contributed by atoms with E-state index in [-0.39, 0.29) is 24.1 Å². The zero-order valence-corrected chi connectivity index (χ0v) is 17.0. The SMILES string of the molecule is O=[N+]([O-])c1ccc(Cl)c(S(=O)(=O)NC/C=C\COc2cc(C(F)(F)F)cc(Cl)n2)c1. The number of nitro benzene ring substituents is 1. The quantitative estimate of drug-likeness (QED) is 0.259. The van der Waals surface area contributed by atoms with Crippen LogP contribution in [0.1, 0.15) is 5.56 Å². The van der Waals surface area contributed by atoms with Crippen molar-refractivity contribution in [2.75, 3.05) is 13.2 Å². The van der Waals surface area contributed by atoms with Crippen LogP contribution in [0.4, 0.5) is 18.9 Å². The largest absolute Gasteiger partial charge is 0.473 e. The summed E-state index contributed by atoms with van der Waals surface area (Å²) in [5.41, 5.74) is -1.47. The van der Waals surface area contributed by atoms with Crippen LogP contribution in [0.2, 0.25) is 10.2 Å². The first-order valence-corrected chi connectivity index (χ1v) is 10.1. The first-order chi connectivity index (χ1) is 13.9. The highest BCUT2D eigenvalue weighted by molar-refractivity contribution is 7.89. The van der Waals surface area contributed by atoms with Crippen LogP contribution in [0.15, 0.2) is 47.4 Å². The molecule has 1 aromatic carbocycles. The van der Waals surface area contributed by atoms with E-state index < -0.39 is 42.4 Å². The van der Waals surface area contributed by atoms with Gasteiger partial charge in [0.2, 0.25) is 15.9 Å².